The molecule has 1 aliphatic rings. The van der Waals surface area contributed by atoms with Gasteiger partial charge in [0, 0.05) is 19.3 Å². The van der Waals surface area contributed by atoms with Crippen molar-refractivity contribution >= 4 is 5.82 Å². The summed E-state index contributed by atoms with van der Waals surface area (Å²) in [4.78, 5) is 4.57. The molecule has 1 aromatic heterocycles. The minimum Gasteiger partial charge on any atom is -0.383 e. The topological polar surface area (TPSA) is 57.9 Å². The highest BCUT2D eigenvalue weighted by Gasteiger charge is 2.14. The molecular formula is C13H17N3O. The van der Waals surface area contributed by atoms with E-state index in [0.717, 1.165) is 18.5 Å². The Balaban J connectivity index is 2.21. The molecule has 0 aliphatic heterocycles. The molecule has 0 saturated heterocycles. The van der Waals surface area contributed by atoms with E-state index in [1.165, 1.54) is 18.4 Å². The Morgan fingerprint density at radius 3 is 3.06 bits per heavy atom. The summed E-state index contributed by atoms with van der Waals surface area (Å²) in [5.41, 5.74) is 3.03. The van der Waals surface area contributed by atoms with E-state index < -0.39 is 0 Å². The summed E-state index contributed by atoms with van der Waals surface area (Å²) in [5, 5.41) is 12.3. The second-order valence-corrected chi connectivity index (χ2v) is 4.23. The van der Waals surface area contributed by atoms with Crippen LogP contribution in [0.4, 0.5) is 5.82 Å². The normalized spacial score (nSPS) is 13.9. The summed E-state index contributed by atoms with van der Waals surface area (Å²) in [6, 6.07) is 4.19. The van der Waals surface area contributed by atoms with Gasteiger partial charge in [-0.2, -0.15) is 5.26 Å². The number of methoxy groups -OCH3 is 1. The Labute approximate surface area is 102 Å². The van der Waals surface area contributed by atoms with Crippen LogP contribution in [0.15, 0.2) is 6.07 Å². The Kier molecular flexibility index (Phi) is 3.94. The zero-order valence-electron chi connectivity index (χ0n) is 10.1. The molecule has 0 saturated carbocycles. The molecule has 1 heterocycles. The molecule has 0 radical (unpaired) electrons. The van der Waals surface area contributed by atoms with E-state index >= 15 is 0 Å². The first-order valence-corrected chi connectivity index (χ1v) is 6.01. The van der Waals surface area contributed by atoms with Crippen LogP contribution in [-0.4, -0.2) is 25.2 Å². The Morgan fingerprint density at radius 1 is 1.47 bits per heavy atom. The monoisotopic (exact) mass is 231 g/mol. The highest BCUT2D eigenvalue weighted by Crippen LogP contribution is 2.24. The summed E-state index contributed by atoms with van der Waals surface area (Å²) in [6.07, 6.45) is 4.48. The molecule has 4 heteroatoms. The molecule has 0 unspecified atom stereocenters. The number of fused-ring (bicyclic) bond motifs is 1. The first-order chi connectivity index (χ1) is 8.35. The van der Waals surface area contributed by atoms with Crippen molar-refractivity contribution in [3.63, 3.8) is 0 Å². The van der Waals surface area contributed by atoms with Gasteiger partial charge >= 0.3 is 0 Å². The number of nitriles is 1. The van der Waals surface area contributed by atoms with Crippen molar-refractivity contribution < 1.29 is 4.74 Å². The van der Waals surface area contributed by atoms with Crippen molar-refractivity contribution in [3.05, 3.63) is 22.9 Å². The van der Waals surface area contributed by atoms with Crippen LogP contribution in [0.1, 0.15) is 29.7 Å². The molecule has 0 atom stereocenters. The van der Waals surface area contributed by atoms with Gasteiger partial charge in [0.05, 0.1) is 12.2 Å². The lowest BCUT2D eigenvalue weighted by Crippen LogP contribution is -2.13. The Morgan fingerprint density at radius 2 is 2.29 bits per heavy atom. The molecule has 0 fully saturated rings. The molecular weight excluding hydrogens is 214 g/mol. The number of hydrogen-bond donors (Lipinski definition) is 1. The van der Waals surface area contributed by atoms with Gasteiger partial charge in [0.1, 0.15) is 11.9 Å². The first-order valence-electron chi connectivity index (χ1n) is 6.01. The highest BCUT2D eigenvalue weighted by molar-refractivity contribution is 5.54. The number of aryl methyl sites for hydroxylation is 2. The van der Waals surface area contributed by atoms with Crippen LogP contribution in [-0.2, 0) is 17.6 Å². The molecule has 90 valence electrons. The van der Waals surface area contributed by atoms with Crippen molar-refractivity contribution in [1.82, 2.24) is 4.98 Å². The molecule has 1 aromatic rings. The number of nitrogens with zero attached hydrogens (tertiary/aromatic N) is 2. The van der Waals surface area contributed by atoms with E-state index in [0.29, 0.717) is 24.5 Å². The molecule has 2 rings (SSSR count). The first kappa shape index (κ1) is 11.9. The second-order valence-electron chi connectivity index (χ2n) is 4.23. The average Bonchev–Trinajstić information content (AvgIpc) is 2.38. The van der Waals surface area contributed by atoms with E-state index in [2.05, 4.69) is 16.4 Å². The maximum atomic E-state index is 9.12. The third-order valence-electron chi connectivity index (χ3n) is 3.02. The van der Waals surface area contributed by atoms with Gasteiger partial charge < -0.3 is 10.1 Å². The fraction of sp³-hybridized carbons (Fsp3) is 0.538. The highest BCUT2D eigenvalue weighted by atomic mass is 16.5. The number of hydrogen-bond acceptors (Lipinski definition) is 4. The smallest absolute Gasteiger partial charge is 0.144 e. The molecule has 1 aliphatic carbocycles. The number of ether oxygens (including phenoxy) is 1. The quantitative estimate of drug-likeness (QED) is 0.804. The van der Waals surface area contributed by atoms with Gasteiger partial charge in [-0.05, 0) is 37.3 Å². The molecule has 0 spiro atoms. The Bertz CT molecular complexity index is 437. The molecule has 0 bridgehead atoms. The SMILES string of the molecule is COCCNc1nc2c(cc1C#N)CCCC2. The zero-order valence-corrected chi connectivity index (χ0v) is 10.1. The van der Waals surface area contributed by atoms with Crippen LogP contribution in [0.3, 0.4) is 0 Å². The van der Waals surface area contributed by atoms with E-state index in [1.54, 1.807) is 7.11 Å². The lowest BCUT2D eigenvalue weighted by Gasteiger charge is -2.17. The maximum Gasteiger partial charge on any atom is 0.144 e. The van der Waals surface area contributed by atoms with Crippen molar-refractivity contribution in [1.29, 1.82) is 5.26 Å². The van der Waals surface area contributed by atoms with Gasteiger partial charge in [0.25, 0.3) is 0 Å². The van der Waals surface area contributed by atoms with Crippen molar-refractivity contribution in [2.75, 3.05) is 25.6 Å². The van der Waals surface area contributed by atoms with E-state index in [-0.39, 0.29) is 0 Å². The lowest BCUT2D eigenvalue weighted by atomic mass is 9.95. The van der Waals surface area contributed by atoms with Crippen LogP contribution >= 0.6 is 0 Å². The minimum atomic E-state index is 0.615. The van der Waals surface area contributed by atoms with Crippen molar-refractivity contribution in [2.45, 2.75) is 25.7 Å². The number of pyridine rings is 1. The van der Waals surface area contributed by atoms with Crippen LogP contribution in [0.25, 0.3) is 0 Å². The summed E-state index contributed by atoms with van der Waals surface area (Å²) < 4.78 is 4.98. The molecule has 17 heavy (non-hydrogen) atoms. The summed E-state index contributed by atoms with van der Waals surface area (Å²) in [7, 11) is 1.66. The van der Waals surface area contributed by atoms with Crippen molar-refractivity contribution in [3.8, 4) is 6.07 Å². The van der Waals surface area contributed by atoms with Crippen LogP contribution in [0.2, 0.25) is 0 Å². The van der Waals surface area contributed by atoms with Gasteiger partial charge in [0.15, 0.2) is 0 Å². The standard InChI is InChI=1S/C13H17N3O/c1-17-7-6-15-13-11(9-14)8-10-4-2-3-5-12(10)16-13/h8H,2-7H2,1H3,(H,15,16). The summed E-state index contributed by atoms with van der Waals surface area (Å²) in [6.45, 7) is 1.29. The average molecular weight is 231 g/mol. The third kappa shape index (κ3) is 2.75. The van der Waals surface area contributed by atoms with Gasteiger partial charge in [0.2, 0.25) is 0 Å². The predicted molar refractivity (Wildman–Crippen MR) is 66.0 cm³/mol. The largest absolute Gasteiger partial charge is 0.383 e. The number of anilines is 1. The summed E-state index contributed by atoms with van der Waals surface area (Å²) in [5.74, 6) is 0.699. The van der Waals surface area contributed by atoms with Crippen LogP contribution < -0.4 is 5.32 Å². The predicted octanol–water partition coefficient (Wildman–Crippen LogP) is 1.89. The Hall–Kier alpha value is -1.60. The summed E-state index contributed by atoms with van der Waals surface area (Å²) >= 11 is 0. The maximum absolute atomic E-state index is 9.12. The van der Waals surface area contributed by atoms with Gasteiger partial charge in [-0.3, -0.25) is 0 Å². The molecule has 0 aromatic carbocycles. The molecule has 4 nitrogen and oxygen atoms in total. The van der Waals surface area contributed by atoms with Crippen LogP contribution in [0.5, 0.6) is 0 Å². The third-order valence-corrected chi connectivity index (χ3v) is 3.02. The van der Waals surface area contributed by atoms with E-state index in [9.17, 15) is 0 Å². The van der Waals surface area contributed by atoms with Crippen molar-refractivity contribution in [2.24, 2.45) is 0 Å². The van der Waals surface area contributed by atoms with E-state index in [1.807, 2.05) is 6.07 Å². The molecule has 1 N–H and O–H groups in total. The minimum absolute atomic E-state index is 0.615. The number of aromatic nitrogens is 1. The zero-order chi connectivity index (χ0) is 12.1. The lowest BCUT2D eigenvalue weighted by molar-refractivity contribution is 0.210. The fourth-order valence-electron chi connectivity index (χ4n) is 2.13. The van der Waals surface area contributed by atoms with Crippen LogP contribution in [0, 0.1) is 11.3 Å². The molecule has 0 amide bonds. The van der Waals surface area contributed by atoms with E-state index in [4.69, 9.17) is 10.00 Å². The number of nitrogens with one attached hydrogen (secondary N) is 1. The van der Waals surface area contributed by atoms with Gasteiger partial charge in [-0.1, -0.05) is 0 Å². The van der Waals surface area contributed by atoms with Gasteiger partial charge in [-0.25, -0.2) is 4.98 Å². The number of rotatable bonds is 4. The second kappa shape index (κ2) is 5.65. The van der Waals surface area contributed by atoms with Gasteiger partial charge in [-0.15, -0.1) is 0 Å². The fourth-order valence-corrected chi connectivity index (χ4v) is 2.13.